The van der Waals surface area contributed by atoms with Crippen LogP contribution in [0, 0.1) is 23.0 Å². The van der Waals surface area contributed by atoms with E-state index in [0.717, 1.165) is 6.42 Å². The predicted molar refractivity (Wildman–Crippen MR) is 111 cm³/mol. The van der Waals surface area contributed by atoms with Crippen LogP contribution in [0.15, 0.2) is 36.4 Å². The number of aromatic nitrogens is 2. The van der Waals surface area contributed by atoms with Gasteiger partial charge in [0.25, 0.3) is 5.69 Å². The number of rotatable bonds is 6. The van der Waals surface area contributed by atoms with Crippen molar-refractivity contribution in [2.45, 2.75) is 39.5 Å². The highest BCUT2D eigenvalue weighted by Crippen LogP contribution is 2.21. The van der Waals surface area contributed by atoms with E-state index < -0.39 is 17.1 Å². The molecule has 1 fully saturated rings. The number of nitro benzene ring substituents is 1. The Labute approximate surface area is 173 Å². The summed E-state index contributed by atoms with van der Waals surface area (Å²) >= 11 is 0. The van der Waals surface area contributed by atoms with Gasteiger partial charge in [0.15, 0.2) is 6.29 Å². The summed E-state index contributed by atoms with van der Waals surface area (Å²) in [6.07, 6.45) is 3.04. The Kier molecular flexibility index (Phi) is 6.26. The maximum absolute atomic E-state index is 12.4. The zero-order valence-electron chi connectivity index (χ0n) is 17.0. The van der Waals surface area contributed by atoms with Gasteiger partial charge in [-0.2, -0.15) is 5.10 Å². The Bertz CT molecular complexity index is 982. The molecular weight excluding hydrogens is 388 g/mol. The minimum atomic E-state index is -0.571. The summed E-state index contributed by atoms with van der Waals surface area (Å²) in [4.78, 5) is 35.0. The van der Waals surface area contributed by atoms with E-state index >= 15 is 0 Å². The van der Waals surface area contributed by atoms with Gasteiger partial charge < -0.3 is 10.6 Å². The van der Waals surface area contributed by atoms with Crippen molar-refractivity contribution in [3.63, 3.8) is 0 Å². The highest BCUT2D eigenvalue weighted by atomic mass is 16.6. The zero-order chi connectivity index (χ0) is 21.8. The predicted octanol–water partition coefficient (Wildman–Crippen LogP) is 2.34. The SMILES string of the molecule is CCC1C(=O)NC(n2nc(C)cc2NC(=O)/C=C/c2ccc([N+](=O)[O-])cc2)NC1C. The van der Waals surface area contributed by atoms with Crippen molar-refractivity contribution >= 4 is 29.4 Å². The Morgan fingerprint density at radius 2 is 2.07 bits per heavy atom. The molecular formula is C20H24N6O4. The number of amides is 2. The second-order valence-corrected chi connectivity index (χ2v) is 7.17. The van der Waals surface area contributed by atoms with E-state index in [1.54, 1.807) is 31.2 Å². The van der Waals surface area contributed by atoms with Crippen LogP contribution in [0.1, 0.15) is 37.8 Å². The molecule has 10 nitrogen and oxygen atoms in total. The number of benzene rings is 1. The third-order valence-electron chi connectivity index (χ3n) is 4.96. The highest BCUT2D eigenvalue weighted by Gasteiger charge is 2.34. The molecule has 0 radical (unpaired) electrons. The first-order valence-corrected chi connectivity index (χ1v) is 9.64. The maximum Gasteiger partial charge on any atom is 0.269 e. The van der Waals surface area contributed by atoms with Gasteiger partial charge in [-0.25, -0.2) is 4.68 Å². The molecule has 2 heterocycles. The minimum absolute atomic E-state index is 0.0162. The van der Waals surface area contributed by atoms with Crippen LogP contribution in [-0.4, -0.2) is 32.6 Å². The number of nitro groups is 1. The third-order valence-corrected chi connectivity index (χ3v) is 4.96. The van der Waals surface area contributed by atoms with Gasteiger partial charge in [0.2, 0.25) is 11.8 Å². The average molecular weight is 412 g/mol. The van der Waals surface area contributed by atoms with Crippen molar-refractivity contribution in [2.24, 2.45) is 5.92 Å². The summed E-state index contributed by atoms with van der Waals surface area (Å²) in [6, 6.07) is 7.54. The molecule has 1 aromatic carbocycles. The molecule has 2 aromatic rings. The monoisotopic (exact) mass is 412 g/mol. The Morgan fingerprint density at radius 3 is 2.67 bits per heavy atom. The van der Waals surface area contributed by atoms with Gasteiger partial charge in [-0.05, 0) is 44.0 Å². The minimum Gasteiger partial charge on any atom is -0.322 e. The fourth-order valence-electron chi connectivity index (χ4n) is 3.40. The Hall–Kier alpha value is -3.53. The third kappa shape index (κ3) is 4.71. The van der Waals surface area contributed by atoms with Crippen molar-refractivity contribution in [1.29, 1.82) is 0 Å². The second kappa shape index (κ2) is 8.87. The summed E-state index contributed by atoms with van der Waals surface area (Å²) < 4.78 is 1.53. The van der Waals surface area contributed by atoms with E-state index in [2.05, 4.69) is 21.0 Å². The van der Waals surface area contributed by atoms with Gasteiger partial charge in [0, 0.05) is 30.3 Å². The molecule has 0 bridgehead atoms. The number of hydrogen-bond acceptors (Lipinski definition) is 6. The zero-order valence-corrected chi connectivity index (χ0v) is 17.0. The number of hydrogen-bond donors (Lipinski definition) is 3. The smallest absolute Gasteiger partial charge is 0.269 e. The van der Waals surface area contributed by atoms with Gasteiger partial charge >= 0.3 is 0 Å². The number of nitrogens with one attached hydrogen (secondary N) is 3. The molecule has 158 valence electrons. The fraction of sp³-hybridized carbons (Fsp3) is 0.350. The summed E-state index contributed by atoms with van der Waals surface area (Å²) in [7, 11) is 0. The molecule has 3 atom stereocenters. The average Bonchev–Trinajstić information content (AvgIpc) is 3.06. The summed E-state index contributed by atoms with van der Waals surface area (Å²) in [5, 5.41) is 24.0. The Morgan fingerprint density at radius 1 is 1.37 bits per heavy atom. The molecule has 0 spiro atoms. The lowest BCUT2D eigenvalue weighted by molar-refractivity contribution is -0.384. The lowest BCUT2D eigenvalue weighted by Gasteiger charge is -2.35. The summed E-state index contributed by atoms with van der Waals surface area (Å²) in [5.74, 6) is -0.139. The molecule has 3 unspecified atom stereocenters. The lowest BCUT2D eigenvalue weighted by Crippen LogP contribution is -2.57. The molecule has 1 aliphatic heterocycles. The second-order valence-electron chi connectivity index (χ2n) is 7.17. The van der Waals surface area contributed by atoms with Crippen LogP contribution < -0.4 is 16.0 Å². The van der Waals surface area contributed by atoms with Crippen LogP contribution in [0.3, 0.4) is 0 Å². The van der Waals surface area contributed by atoms with Crippen molar-refractivity contribution in [2.75, 3.05) is 5.32 Å². The summed E-state index contributed by atoms with van der Waals surface area (Å²) in [6.45, 7) is 5.70. The van der Waals surface area contributed by atoms with Crippen LogP contribution in [0.4, 0.5) is 11.5 Å². The fourth-order valence-corrected chi connectivity index (χ4v) is 3.40. The molecule has 0 aliphatic carbocycles. The van der Waals surface area contributed by atoms with E-state index in [-0.39, 0.29) is 23.6 Å². The van der Waals surface area contributed by atoms with E-state index in [1.165, 1.54) is 22.9 Å². The van der Waals surface area contributed by atoms with Gasteiger partial charge in [0.05, 0.1) is 16.5 Å². The molecule has 0 saturated carbocycles. The van der Waals surface area contributed by atoms with Crippen molar-refractivity contribution in [1.82, 2.24) is 20.4 Å². The molecule has 1 aromatic heterocycles. The molecule has 2 amide bonds. The first kappa shape index (κ1) is 21.2. The molecule has 1 aliphatic rings. The molecule has 3 rings (SSSR count). The first-order chi connectivity index (χ1) is 14.3. The molecule has 3 N–H and O–H groups in total. The topological polar surface area (TPSA) is 131 Å². The van der Waals surface area contributed by atoms with Gasteiger partial charge in [-0.15, -0.1) is 0 Å². The normalized spacial score (nSPS) is 21.4. The molecule has 10 heteroatoms. The van der Waals surface area contributed by atoms with Crippen molar-refractivity contribution in [3.05, 3.63) is 57.8 Å². The van der Waals surface area contributed by atoms with E-state index in [0.29, 0.717) is 17.1 Å². The summed E-state index contributed by atoms with van der Waals surface area (Å²) in [5.41, 5.74) is 1.32. The van der Waals surface area contributed by atoms with Gasteiger partial charge in [0.1, 0.15) is 5.82 Å². The standard InChI is InChI=1S/C20H24N6O4/c1-4-16-13(3)21-20(23-19(16)28)25-17(11-12(2)24-25)22-18(27)10-7-14-5-8-15(9-6-14)26(29)30/h5-11,13,16,20-21H,4H2,1-3H3,(H,22,27)(H,23,28)/b10-7+. The lowest BCUT2D eigenvalue weighted by atomic mass is 9.95. The largest absolute Gasteiger partial charge is 0.322 e. The van der Waals surface area contributed by atoms with Crippen LogP contribution in [0.5, 0.6) is 0 Å². The number of nitrogens with zero attached hydrogens (tertiary/aromatic N) is 3. The number of non-ortho nitro benzene ring substituents is 1. The van der Waals surface area contributed by atoms with Crippen LogP contribution in [-0.2, 0) is 9.59 Å². The Balaban J connectivity index is 1.71. The van der Waals surface area contributed by atoms with E-state index in [4.69, 9.17) is 0 Å². The molecule has 1 saturated heterocycles. The van der Waals surface area contributed by atoms with Gasteiger partial charge in [-0.3, -0.25) is 25.0 Å². The van der Waals surface area contributed by atoms with Crippen molar-refractivity contribution in [3.8, 4) is 0 Å². The number of carbonyl (C=O) groups is 2. The number of aryl methyl sites for hydroxylation is 1. The first-order valence-electron chi connectivity index (χ1n) is 9.64. The molecule has 30 heavy (non-hydrogen) atoms. The number of anilines is 1. The maximum atomic E-state index is 12.4. The van der Waals surface area contributed by atoms with Crippen LogP contribution in [0.25, 0.3) is 6.08 Å². The van der Waals surface area contributed by atoms with Crippen molar-refractivity contribution < 1.29 is 14.5 Å². The number of carbonyl (C=O) groups excluding carboxylic acids is 2. The van der Waals surface area contributed by atoms with Gasteiger partial charge in [-0.1, -0.05) is 6.92 Å². The van der Waals surface area contributed by atoms with Crippen LogP contribution >= 0.6 is 0 Å². The highest BCUT2D eigenvalue weighted by molar-refractivity contribution is 6.01. The van der Waals surface area contributed by atoms with E-state index in [9.17, 15) is 19.7 Å². The van der Waals surface area contributed by atoms with E-state index in [1.807, 2.05) is 13.8 Å². The van der Waals surface area contributed by atoms with Crippen LogP contribution in [0.2, 0.25) is 0 Å². The quantitative estimate of drug-likeness (QED) is 0.379.